The van der Waals surface area contributed by atoms with E-state index in [0.29, 0.717) is 6.61 Å². The maximum absolute atomic E-state index is 11.7. The SMILES string of the molecule is CCOC(C)C(=O)NC(Cc1ccccc1)C(=O)O. The van der Waals surface area contributed by atoms with Crippen LogP contribution in [-0.2, 0) is 20.7 Å². The minimum atomic E-state index is -1.05. The van der Waals surface area contributed by atoms with Gasteiger partial charge in [0.05, 0.1) is 0 Å². The van der Waals surface area contributed by atoms with E-state index in [-0.39, 0.29) is 6.42 Å². The van der Waals surface area contributed by atoms with Gasteiger partial charge in [-0.25, -0.2) is 4.79 Å². The molecular weight excluding hydrogens is 246 g/mol. The Morgan fingerprint density at radius 2 is 1.95 bits per heavy atom. The fourth-order valence-electron chi connectivity index (χ4n) is 1.66. The van der Waals surface area contributed by atoms with Crippen molar-refractivity contribution >= 4 is 11.9 Å². The Hall–Kier alpha value is -1.88. The first-order chi connectivity index (χ1) is 9.04. The summed E-state index contributed by atoms with van der Waals surface area (Å²) in [4.78, 5) is 22.9. The summed E-state index contributed by atoms with van der Waals surface area (Å²) in [6.45, 7) is 3.79. The highest BCUT2D eigenvalue weighted by Gasteiger charge is 2.23. The number of aliphatic carboxylic acids is 1. The van der Waals surface area contributed by atoms with Gasteiger partial charge in [-0.3, -0.25) is 4.79 Å². The van der Waals surface area contributed by atoms with Crippen molar-refractivity contribution in [1.82, 2.24) is 5.32 Å². The second kappa shape index (κ2) is 7.53. The lowest BCUT2D eigenvalue weighted by molar-refractivity contribution is -0.143. The van der Waals surface area contributed by atoms with E-state index in [2.05, 4.69) is 5.32 Å². The molecule has 0 heterocycles. The minimum absolute atomic E-state index is 0.251. The molecule has 2 atom stereocenters. The summed E-state index contributed by atoms with van der Waals surface area (Å²) in [5.41, 5.74) is 0.860. The van der Waals surface area contributed by atoms with Gasteiger partial charge in [0.25, 0.3) is 0 Å². The van der Waals surface area contributed by atoms with Crippen LogP contribution in [0.3, 0.4) is 0 Å². The minimum Gasteiger partial charge on any atom is -0.480 e. The van der Waals surface area contributed by atoms with E-state index >= 15 is 0 Å². The van der Waals surface area contributed by atoms with Crippen LogP contribution >= 0.6 is 0 Å². The number of benzene rings is 1. The summed E-state index contributed by atoms with van der Waals surface area (Å²) in [6, 6.07) is 8.23. The van der Waals surface area contributed by atoms with Crippen molar-refractivity contribution in [1.29, 1.82) is 0 Å². The van der Waals surface area contributed by atoms with Crippen LogP contribution in [0.2, 0.25) is 0 Å². The molecule has 1 rings (SSSR count). The molecule has 2 unspecified atom stereocenters. The van der Waals surface area contributed by atoms with E-state index < -0.39 is 24.0 Å². The van der Waals surface area contributed by atoms with Crippen LogP contribution in [0.15, 0.2) is 30.3 Å². The van der Waals surface area contributed by atoms with Crippen LogP contribution in [0, 0.1) is 0 Å². The summed E-state index contributed by atoms with van der Waals surface area (Å²) in [5, 5.41) is 11.6. The van der Waals surface area contributed by atoms with E-state index in [4.69, 9.17) is 9.84 Å². The van der Waals surface area contributed by atoms with Gasteiger partial charge in [-0.1, -0.05) is 30.3 Å². The summed E-state index contributed by atoms with van der Waals surface area (Å²) < 4.78 is 5.13. The highest BCUT2D eigenvalue weighted by molar-refractivity contribution is 5.86. The van der Waals surface area contributed by atoms with E-state index in [9.17, 15) is 9.59 Å². The maximum atomic E-state index is 11.7. The third-order valence-electron chi connectivity index (χ3n) is 2.68. The zero-order chi connectivity index (χ0) is 14.3. The molecule has 0 saturated heterocycles. The van der Waals surface area contributed by atoms with Crippen LogP contribution in [0.25, 0.3) is 0 Å². The van der Waals surface area contributed by atoms with Crippen molar-refractivity contribution in [3.63, 3.8) is 0 Å². The molecule has 19 heavy (non-hydrogen) atoms. The smallest absolute Gasteiger partial charge is 0.326 e. The molecule has 0 fully saturated rings. The van der Waals surface area contributed by atoms with Crippen molar-refractivity contribution < 1.29 is 19.4 Å². The lowest BCUT2D eigenvalue weighted by Crippen LogP contribution is -2.46. The number of rotatable bonds is 7. The molecule has 1 aromatic rings. The number of ether oxygens (including phenoxy) is 1. The second-order valence-corrected chi connectivity index (χ2v) is 4.19. The molecule has 104 valence electrons. The van der Waals surface area contributed by atoms with Crippen molar-refractivity contribution in [3.05, 3.63) is 35.9 Å². The van der Waals surface area contributed by atoms with Gasteiger partial charge in [-0.15, -0.1) is 0 Å². The molecule has 0 bridgehead atoms. The van der Waals surface area contributed by atoms with Gasteiger partial charge >= 0.3 is 5.97 Å². The lowest BCUT2D eigenvalue weighted by atomic mass is 10.1. The Morgan fingerprint density at radius 1 is 1.32 bits per heavy atom. The van der Waals surface area contributed by atoms with Crippen molar-refractivity contribution in [2.75, 3.05) is 6.61 Å². The predicted molar refractivity (Wildman–Crippen MR) is 70.8 cm³/mol. The van der Waals surface area contributed by atoms with Gasteiger partial charge < -0.3 is 15.2 Å². The monoisotopic (exact) mass is 265 g/mol. The molecule has 0 radical (unpaired) electrons. The molecule has 1 amide bonds. The first-order valence-electron chi connectivity index (χ1n) is 6.23. The molecule has 1 aromatic carbocycles. The summed E-state index contributed by atoms with van der Waals surface area (Å²) in [5.74, 6) is -1.47. The van der Waals surface area contributed by atoms with Crippen molar-refractivity contribution in [2.45, 2.75) is 32.4 Å². The molecule has 5 nitrogen and oxygen atoms in total. The first-order valence-corrected chi connectivity index (χ1v) is 6.23. The average molecular weight is 265 g/mol. The van der Waals surface area contributed by atoms with Gasteiger partial charge in [-0.2, -0.15) is 0 Å². The lowest BCUT2D eigenvalue weighted by Gasteiger charge is -2.17. The van der Waals surface area contributed by atoms with E-state index in [0.717, 1.165) is 5.56 Å². The zero-order valence-electron chi connectivity index (χ0n) is 11.1. The number of hydrogen-bond acceptors (Lipinski definition) is 3. The van der Waals surface area contributed by atoms with Crippen molar-refractivity contribution in [3.8, 4) is 0 Å². The van der Waals surface area contributed by atoms with Crippen LogP contribution in [0.4, 0.5) is 0 Å². The molecule has 0 aliphatic carbocycles. The highest BCUT2D eigenvalue weighted by Crippen LogP contribution is 2.04. The van der Waals surface area contributed by atoms with Gasteiger partial charge in [-0.05, 0) is 19.4 Å². The second-order valence-electron chi connectivity index (χ2n) is 4.19. The molecular formula is C14H19NO4. The third-order valence-corrected chi connectivity index (χ3v) is 2.68. The fourth-order valence-corrected chi connectivity index (χ4v) is 1.66. The average Bonchev–Trinajstić information content (AvgIpc) is 2.39. The van der Waals surface area contributed by atoms with Crippen LogP contribution < -0.4 is 5.32 Å². The number of carbonyl (C=O) groups excluding carboxylic acids is 1. The first kappa shape index (κ1) is 15.2. The summed E-state index contributed by atoms with van der Waals surface area (Å²) >= 11 is 0. The van der Waals surface area contributed by atoms with Crippen LogP contribution in [0.5, 0.6) is 0 Å². The Labute approximate surface area is 112 Å². The molecule has 0 spiro atoms. The Morgan fingerprint density at radius 3 is 2.47 bits per heavy atom. The quantitative estimate of drug-likeness (QED) is 0.777. The number of hydrogen-bond donors (Lipinski definition) is 2. The number of carboxylic acids is 1. The highest BCUT2D eigenvalue weighted by atomic mass is 16.5. The number of carboxylic acid groups (broad SMARTS) is 1. The van der Waals surface area contributed by atoms with Gasteiger partial charge in [0.15, 0.2) is 0 Å². The van der Waals surface area contributed by atoms with Gasteiger partial charge in [0, 0.05) is 13.0 Å². The maximum Gasteiger partial charge on any atom is 0.326 e. The van der Waals surface area contributed by atoms with E-state index in [1.807, 2.05) is 30.3 Å². The molecule has 5 heteroatoms. The molecule has 0 aromatic heterocycles. The molecule has 0 aliphatic heterocycles. The topological polar surface area (TPSA) is 75.6 Å². The Bertz CT molecular complexity index is 419. The van der Waals surface area contributed by atoms with E-state index in [1.54, 1.807) is 13.8 Å². The Kier molecular flexibility index (Phi) is 6.02. The summed E-state index contributed by atoms with van der Waals surface area (Å²) in [6.07, 6.45) is -0.400. The fraction of sp³-hybridized carbons (Fsp3) is 0.429. The number of nitrogens with one attached hydrogen (secondary N) is 1. The zero-order valence-corrected chi connectivity index (χ0v) is 11.1. The van der Waals surface area contributed by atoms with Crippen LogP contribution in [-0.4, -0.2) is 35.7 Å². The predicted octanol–water partition coefficient (Wildman–Crippen LogP) is 1.22. The summed E-state index contributed by atoms with van der Waals surface area (Å²) in [7, 11) is 0. The standard InChI is InChI=1S/C14H19NO4/c1-3-19-10(2)13(16)15-12(14(17)18)9-11-7-5-4-6-8-11/h4-8,10,12H,3,9H2,1-2H3,(H,15,16)(H,17,18). The van der Waals surface area contributed by atoms with E-state index in [1.165, 1.54) is 0 Å². The normalized spacial score (nSPS) is 13.6. The Balaban J connectivity index is 2.64. The largest absolute Gasteiger partial charge is 0.480 e. The van der Waals surface area contributed by atoms with Crippen molar-refractivity contribution in [2.24, 2.45) is 0 Å². The molecule has 2 N–H and O–H groups in total. The van der Waals surface area contributed by atoms with Crippen LogP contribution in [0.1, 0.15) is 19.4 Å². The van der Waals surface area contributed by atoms with Gasteiger partial charge in [0.2, 0.25) is 5.91 Å². The third kappa shape index (κ3) is 5.09. The molecule has 0 saturated carbocycles. The number of amides is 1. The number of carbonyl (C=O) groups is 2. The van der Waals surface area contributed by atoms with Gasteiger partial charge in [0.1, 0.15) is 12.1 Å². The molecule has 0 aliphatic rings.